The van der Waals surface area contributed by atoms with Gasteiger partial charge in [0, 0.05) is 11.0 Å². The van der Waals surface area contributed by atoms with Crippen LogP contribution >= 0.6 is 22.6 Å². The first-order valence-corrected chi connectivity index (χ1v) is 8.13. The Hall–Kier alpha value is -0.0900. The van der Waals surface area contributed by atoms with Crippen LogP contribution in [0, 0.1) is 11.3 Å². The Bertz CT molecular complexity index is 365. The lowest BCUT2D eigenvalue weighted by Crippen LogP contribution is -2.50. The summed E-state index contributed by atoms with van der Waals surface area (Å²) in [4.78, 5) is 0. The first-order chi connectivity index (χ1) is 8.72. The molecule has 3 atom stereocenters. The summed E-state index contributed by atoms with van der Waals surface area (Å²) in [6.45, 7) is 3.28. The maximum atomic E-state index is 5.31. The number of methoxy groups -OCH3 is 1. The van der Waals surface area contributed by atoms with Gasteiger partial charge in [-0.15, -0.1) is 0 Å². The highest BCUT2D eigenvalue weighted by Crippen LogP contribution is 2.55. The van der Waals surface area contributed by atoms with Gasteiger partial charge in [0.05, 0.1) is 6.61 Å². The zero-order valence-corrected chi connectivity index (χ0v) is 13.5. The first-order valence-electron chi connectivity index (χ1n) is 6.89. The normalized spacial score (nSPS) is 31.1. The van der Waals surface area contributed by atoms with Crippen molar-refractivity contribution in [3.63, 3.8) is 0 Å². The Morgan fingerprint density at radius 3 is 2.61 bits per heavy atom. The van der Waals surface area contributed by atoms with Crippen molar-refractivity contribution in [1.82, 2.24) is 0 Å². The van der Waals surface area contributed by atoms with E-state index in [-0.39, 0.29) is 0 Å². The molecule has 0 unspecified atom stereocenters. The Morgan fingerprint density at radius 1 is 1.33 bits per heavy atom. The topological polar surface area (TPSA) is 9.23 Å². The number of benzene rings is 1. The maximum absolute atomic E-state index is 5.31. The summed E-state index contributed by atoms with van der Waals surface area (Å²) in [6, 6.07) is 10.9. The smallest absolute Gasteiger partial charge is 0.0500 e. The fourth-order valence-electron chi connectivity index (χ4n) is 3.23. The standard InChI is InChI=1S/C16H23IO/c1-3-16(11-14(12-18-2)15(16)17)10-9-13-7-5-4-6-8-13/h4-8,14-15H,3,9-12H2,1-2H3/t14-,15-,16-/m0/s1. The van der Waals surface area contributed by atoms with Gasteiger partial charge in [0.1, 0.15) is 0 Å². The first kappa shape index (κ1) is 14.3. The SMILES string of the molecule is CC[C@]1(CCc2ccccc2)C[C@@H](COC)[C@@H]1I. The van der Waals surface area contributed by atoms with Crippen LogP contribution in [0.1, 0.15) is 31.7 Å². The van der Waals surface area contributed by atoms with Crippen LogP contribution < -0.4 is 0 Å². The van der Waals surface area contributed by atoms with Crippen molar-refractivity contribution in [1.29, 1.82) is 0 Å². The molecule has 1 nitrogen and oxygen atoms in total. The second kappa shape index (κ2) is 6.38. The molecule has 0 bridgehead atoms. The maximum Gasteiger partial charge on any atom is 0.0500 e. The van der Waals surface area contributed by atoms with Crippen LogP contribution in [0.2, 0.25) is 0 Å². The highest BCUT2D eigenvalue weighted by Gasteiger charge is 2.50. The molecule has 0 amide bonds. The molecule has 1 saturated carbocycles. The third-order valence-electron chi connectivity index (χ3n) is 4.51. The van der Waals surface area contributed by atoms with Crippen LogP contribution in [0.4, 0.5) is 0 Å². The molecule has 0 spiro atoms. The van der Waals surface area contributed by atoms with Gasteiger partial charge in [0.15, 0.2) is 0 Å². The number of aryl methyl sites for hydroxylation is 1. The molecule has 100 valence electrons. The second-order valence-corrected chi connectivity index (χ2v) is 6.86. The van der Waals surface area contributed by atoms with Crippen molar-refractivity contribution < 1.29 is 4.74 Å². The minimum Gasteiger partial charge on any atom is -0.384 e. The Morgan fingerprint density at radius 2 is 2.06 bits per heavy atom. The number of alkyl halides is 1. The summed E-state index contributed by atoms with van der Waals surface area (Å²) in [7, 11) is 1.82. The summed E-state index contributed by atoms with van der Waals surface area (Å²) < 4.78 is 6.09. The van der Waals surface area contributed by atoms with E-state index in [4.69, 9.17) is 4.74 Å². The van der Waals surface area contributed by atoms with Gasteiger partial charge in [-0.05, 0) is 42.6 Å². The molecule has 18 heavy (non-hydrogen) atoms. The lowest BCUT2D eigenvalue weighted by Gasteiger charge is -2.53. The predicted molar refractivity (Wildman–Crippen MR) is 85.3 cm³/mol. The van der Waals surface area contributed by atoms with E-state index in [9.17, 15) is 0 Å². The quantitative estimate of drug-likeness (QED) is 0.538. The fourth-order valence-corrected chi connectivity index (χ4v) is 4.70. The monoisotopic (exact) mass is 358 g/mol. The Balaban J connectivity index is 1.91. The van der Waals surface area contributed by atoms with Crippen molar-refractivity contribution in [2.24, 2.45) is 11.3 Å². The lowest BCUT2D eigenvalue weighted by molar-refractivity contribution is 0.0106. The van der Waals surface area contributed by atoms with E-state index >= 15 is 0 Å². The van der Waals surface area contributed by atoms with Crippen molar-refractivity contribution in [2.75, 3.05) is 13.7 Å². The predicted octanol–water partition coefficient (Wildman–Crippen LogP) is 4.49. The van der Waals surface area contributed by atoms with E-state index in [1.807, 2.05) is 7.11 Å². The third-order valence-corrected chi connectivity index (χ3v) is 6.85. The van der Waals surface area contributed by atoms with E-state index in [0.717, 1.165) is 16.4 Å². The van der Waals surface area contributed by atoms with Crippen molar-refractivity contribution >= 4 is 22.6 Å². The van der Waals surface area contributed by atoms with Gasteiger partial charge < -0.3 is 4.74 Å². The summed E-state index contributed by atoms with van der Waals surface area (Å²) in [5.74, 6) is 0.770. The molecule has 0 aromatic heterocycles. The number of halogens is 1. The minimum absolute atomic E-state index is 0.555. The van der Waals surface area contributed by atoms with E-state index in [1.165, 1.54) is 31.2 Å². The zero-order valence-electron chi connectivity index (χ0n) is 11.4. The van der Waals surface area contributed by atoms with E-state index in [0.29, 0.717) is 5.41 Å². The van der Waals surface area contributed by atoms with Gasteiger partial charge in [-0.25, -0.2) is 0 Å². The summed E-state index contributed by atoms with van der Waals surface area (Å²) in [5.41, 5.74) is 2.03. The van der Waals surface area contributed by atoms with Crippen LogP contribution in [0.15, 0.2) is 30.3 Å². The molecule has 1 aromatic rings. The van der Waals surface area contributed by atoms with Crippen LogP contribution in [-0.2, 0) is 11.2 Å². The van der Waals surface area contributed by atoms with Gasteiger partial charge in [-0.3, -0.25) is 0 Å². The average molecular weight is 358 g/mol. The molecule has 2 rings (SSSR count). The van der Waals surface area contributed by atoms with E-state index in [2.05, 4.69) is 59.8 Å². The van der Waals surface area contributed by atoms with Crippen LogP contribution in [-0.4, -0.2) is 17.6 Å². The number of hydrogen-bond acceptors (Lipinski definition) is 1. The summed E-state index contributed by atoms with van der Waals surface area (Å²) >= 11 is 2.66. The molecule has 0 N–H and O–H groups in total. The van der Waals surface area contributed by atoms with Crippen LogP contribution in [0.3, 0.4) is 0 Å². The second-order valence-electron chi connectivity index (χ2n) is 5.52. The lowest BCUT2D eigenvalue weighted by atomic mass is 9.58. The third kappa shape index (κ3) is 2.90. The van der Waals surface area contributed by atoms with E-state index in [1.54, 1.807) is 0 Å². The Labute approximate surface area is 124 Å². The molecule has 2 heteroatoms. The molecular formula is C16H23IO. The molecule has 1 aliphatic rings. The van der Waals surface area contributed by atoms with E-state index < -0.39 is 0 Å². The van der Waals surface area contributed by atoms with Gasteiger partial charge >= 0.3 is 0 Å². The van der Waals surface area contributed by atoms with Gasteiger partial charge in [-0.2, -0.15) is 0 Å². The van der Waals surface area contributed by atoms with Crippen molar-refractivity contribution in [2.45, 2.75) is 36.5 Å². The summed E-state index contributed by atoms with van der Waals surface area (Å²) in [6.07, 6.45) is 5.18. The average Bonchev–Trinajstić information content (AvgIpc) is 2.43. The van der Waals surface area contributed by atoms with Crippen LogP contribution in [0.5, 0.6) is 0 Å². The van der Waals surface area contributed by atoms with Crippen molar-refractivity contribution in [3.8, 4) is 0 Å². The number of hydrogen-bond donors (Lipinski definition) is 0. The fraction of sp³-hybridized carbons (Fsp3) is 0.625. The largest absolute Gasteiger partial charge is 0.384 e. The number of rotatable bonds is 6. The molecule has 0 heterocycles. The molecular weight excluding hydrogens is 335 g/mol. The molecule has 1 aromatic carbocycles. The highest BCUT2D eigenvalue weighted by molar-refractivity contribution is 14.1. The minimum atomic E-state index is 0.555. The van der Waals surface area contributed by atoms with Gasteiger partial charge in [0.25, 0.3) is 0 Å². The van der Waals surface area contributed by atoms with Gasteiger partial charge in [0.2, 0.25) is 0 Å². The molecule has 0 radical (unpaired) electrons. The number of ether oxygens (including phenoxy) is 1. The molecule has 0 saturated heterocycles. The summed E-state index contributed by atoms with van der Waals surface area (Å²) in [5, 5.41) is 0. The highest BCUT2D eigenvalue weighted by atomic mass is 127. The Kier molecular flexibility index (Phi) is 5.07. The van der Waals surface area contributed by atoms with Crippen LogP contribution in [0.25, 0.3) is 0 Å². The van der Waals surface area contributed by atoms with Gasteiger partial charge in [-0.1, -0.05) is 59.8 Å². The molecule has 1 aliphatic carbocycles. The van der Waals surface area contributed by atoms with Crippen molar-refractivity contribution in [3.05, 3.63) is 35.9 Å². The molecule has 0 aliphatic heterocycles. The molecule has 1 fully saturated rings. The zero-order chi connectivity index (χ0) is 13.0.